The van der Waals surface area contributed by atoms with E-state index in [-0.39, 0.29) is 5.91 Å². The molecule has 0 bridgehead atoms. The second-order valence-corrected chi connectivity index (χ2v) is 8.72. The van der Waals surface area contributed by atoms with Crippen LogP contribution in [0.25, 0.3) is 6.08 Å². The molecule has 2 aliphatic heterocycles. The number of nitrogens with one attached hydrogen (secondary N) is 1. The smallest absolute Gasteiger partial charge is 0.264 e. The van der Waals surface area contributed by atoms with E-state index in [1.165, 1.54) is 5.69 Å². The molecule has 2 atom stereocenters. The van der Waals surface area contributed by atoms with Crippen molar-refractivity contribution in [2.75, 3.05) is 35.2 Å². The van der Waals surface area contributed by atoms with Gasteiger partial charge in [-0.3, -0.25) is 4.79 Å². The molecular weight excluding hydrogens is 366 g/mol. The number of carbonyl (C=O) groups excluding carboxylic acids is 1. The molecule has 28 heavy (non-hydrogen) atoms. The summed E-state index contributed by atoms with van der Waals surface area (Å²) in [5, 5.41) is 3.59. The highest BCUT2D eigenvalue weighted by Crippen LogP contribution is 2.32. The number of amides is 1. The van der Waals surface area contributed by atoms with Gasteiger partial charge in [0.1, 0.15) is 0 Å². The van der Waals surface area contributed by atoms with E-state index in [9.17, 15) is 4.79 Å². The number of rotatable bonds is 3. The number of carbonyl (C=O) groups is 1. The number of anilines is 2. The van der Waals surface area contributed by atoms with Gasteiger partial charge in [-0.2, -0.15) is 0 Å². The quantitative estimate of drug-likeness (QED) is 0.800. The zero-order valence-corrected chi connectivity index (χ0v) is 17.3. The molecule has 4 nitrogen and oxygen atoms in total. The van der Waals surface area contributed by atoms with Crippen LogP contribution in [-0.2, 0) is 4.79 Å². The molecule has 2 aromatic carbocycles. The van der Waals surface area contributed by atoms with Gasteiger partial charge in [-0.1, -0.05) is 36.4 Å². The molecule has 2 fully saturated rings. The maximum absolute atomic E-state index is 13.1. The Morgan fingerprint density at radius 2 is 1.68 bits per heavy atom. The topological polar surface area (TPSA) is 35.6 Å². The van der Waals surface area contributed by atoms with Crippen molar-refractivity contribution in [3.63, 3.8) is 0 Å². The van der Waals surface area contributed by atoms with Crippen molar-refractivity contribution in [3.8, 4) is 0 Å². The molecule has 146 valence electrons. The summed E-state index contributed by atoms with van der Waals surface area (Å²) in [5.74, 6) is 1.01. The van der Waals surface area contributed by atoms with Crippen LogP contribution in [-0.4, -0.2) is 43.4 Å². The first-order valence-corrected chi connectivity index (χ1v) is 10.9. The molecule has 2 unspecified atom stereocenters. The van der Waals surface area contributed by atoms with Gasteiger partial charge in [0.2, 0.25) is 0 Å². The number of hydrogen-bond acceptors (Lipinski definition) is 4. The molecule has 2 aromatic rings. The van der Waals surface area contributed by atoms with Crippen LogP contribution in [0.5, 0.6) is 0 Å². The molecule has 4 rings (SSSR count). The average Bonchev–Trinajstić information content (AvgIpc) is 2.70. The van der Waals surface area contributed by atoms with Gasteiger partial charge in [-0.05, 0) is 43.7 Å². The largest absolute Gasteiger partial charge is 0.368 e. The predicted octanol–water partition coefficient (Wildman–Crippen LogP) is 3.99. The van der Waals surface area contributed by atoms with Crippen molar-refractivity contribution >= 4 is 35.1 Å². The Labute approximate surface area is 171 Å². The van der Waals surface area contributed by atoms with Crippen molar-refractivity contribution in [2.24, 2.45) is 0 Å². The number of benzene rings is 2. The third-order valence-electron chi connectivity index (χ3n) is 5.22. The van der Waals surface area contributed by atoms with Crippen LogP contribution >= 0.6 is 11.8 Å². The van der Waals surface area contributed by atoms with Gasteiger partial charge < -0.3 is 15.1 Å². The first-order valence-electron chi connectivity index (χ1n) is 9.93. The lowest BCUT2D eigenvalue weighted by molar-refractivity contribution is -0.114. The Morgan fingerprint density at radius 3 is 2.43 bits per heavy atom. The molecule has 2 heterocycles. The van der Waals surface area contributed by atoms with E-state index in [1.54, 1.807) is 11.8 Å². The highest BCUT2D eigenvalue weighted by atomic mass is 32.2. The van der Waals surface area contributed by atoms with Crippen LogP contribution in [0.4, 0.5) is 11.4 Å². The summed E-state index contributed by atoms with van der Waals surface area (Å²) in [6.45, 7) is 7.15. The maximum Gasteiger partial charge on any atom is 0.264 e. The minimum absolute atomic E-state index is 0.0966. The second-order valence-electron chi connectivity index (χ2n) is 7.58. The normalized spacial score (nSPS) is 24.6. The number of hydrogen-bond donors (Lipinski definition) is 1. The van der Waals surface area contributed by atoms with E-state index < -0.39 is 0 Å². The lowest BCUT2D eigenvalue weighted by atomic mass is 10.1. The van der Waals surface area contributed by atoms with Crippen molar-refractivity contribution in [1.29, 1.82) is 0 Å². The second kappa shape index (κ2) is 8.41. The highest BCUT2D eigenvalue weighted by molar-refractivity contribution is 8.04. The third-order valence-corrected chi connectivity index (χ3v) is 6.21. The van der Waals surface area contributed by atoms with Crippen LogP contribution in [0.1, 0.15) is 19.4 Å². The summed E-state index contributed by atoms with van der Waals surface area (Å²) in [6.07, 6.45) is 2.08. The summed E-state index contributed by atoms with van der Waals surface area (Å²) in [4.78, 5) is 18.3. The summed E-state index contributed by atoms with van der Waals surface area (Å²) in [6, 6.07) is 19.3. The summed E-state index contributed by atoms with van der Waals surface area (Å²) in [5.41, 5.74) is 3.30. The molecule has 1 N–H and O–H groups in total. The lowest BCUT2D eigenvalue weighted by Gasteiger charge is -2.38. The summed E-state index contributed by atoms with van der Waals surface area (Å²) in [7, 11) is 0. The zero-order valence-electron chi connectivity index (χ0n) is 16.5. The Hall–Kier alpha value is -2.24. The molecule has 0 radical (unpaired) electrons. The molecule has 2 saturated heterocycles. The first kappa shape index (κ1) is 19.1. The van der Waals surface area contributed by atoms with Crippen LogP contribution in [0.2, 0.25) is 0 Å². The minimum atomic E-state index is 0.0966. The fraction of sp³-hybridized carbons (Fsp3) is 0.348. The monoisotopic (exact) mass is 393 g/mol. The van der Waals surface area contributed by atoms with E-state index in [2.05, 4.69) is 54.4 Å². The van der Waals surface area contributed by atoms with Gasteiger partial charge in [0.15, 0.2) is 0 Å². The number of thioether (sulfide) groups is 1. The van der Waals surface area contributed by atoms with Crippen LogP contribution in [0, 0.1) is 0 Å². The average molecular weight is 394 g/mol. The van der Waals surface area contributed by atoms with Gasteiger partial charge in [-0.15, -0.1) is 11.8 Å². The van der Waals surface area contributed by atoms with Gasteiger partial charge in [-0.25, -0.2) is 0 Å². The first-order chi connectivity index (χ1) is 13.6. The minimum Gasteiger partial charge on any atom is -0.368 e. The SMILES string of the molecule is CC1CN(c2ccccc2/C=C2/SCCN(c3ccccc3)C2=O)CC(C)N1. The van der Waals surface area contributed by atoms with Crippen LogP contribution in [0.15, 0.2) is 59.5 Å². The Balaban J connectivity index is 1.63. The Kier molecular flexibility index (Phi) is 5.74. The van der Waals surface area contributed by atoms with Gasteiger partial charge >= 0.3 is 0 Å². The standard InChI is InChI=1S/C23H27N3OS/c1-17-15-25(16-18(2)24-17)21-11-7-6-8-19(21)14-22-23(27)26(12-13-28-22)20-9-4-3-5-10-20/h3-11,14,17-18,24H,12-13,15-16H2,1-2H3/b22-14+. The summed E-state index contributed by atoms with van der Waals surface area (Å²) < 4.78 is 0. The van der Waals surface area contributed by atoms with E-state index in [1.807, 2.05) is 35.2 Å². The number of piperazine rings is 1. The fourth-order valence-electron chi connectivity index (χ4n) is 4.06. The number of nitrogens with zero attached hydrogens (tertiary/aromatic N) is 2. The van der Waals surface area contributed by atoms with Crippen molar-refractivity contribution in [3.05, 3.63) is 65.1 Å². The van der Waals surface area contributed by atoms with Crippen LogP contribution in [0.3, 0.4) is 0 Å². The van der Waals surface area contributed by atoms with E-state index in [0.29, 0.717) is 12.1 Å². The molecule has 0 saturated carbocycles. The molecule has 0 aromatic heterocycles. The number of para-hydroxylation sites is 2. The summed E-state index contributed by atoms with van der Waals surface area (Å²) >= 11 is 1.66. The zero-order chi connectivity index (χ0) is 19.5. The molecular formula is C23H27N3OS. The van der Waals surface area contributed by atoms with Gasteiger partial charge in [0, 0.05) is 48.8 Å². The molecule has 5 heteroatoms. The van der Waals surface area contributed by atoms with E-state index >= 15 is 0 Å². The van der Waals surface area contributed by atoms with Gasteiger partial charge in [0.25, 0.3) is 5.91 Å². The predicted molar refractivity (Wildman–Crippen MR) is 120 cm³/mol. The lowest BCUT2D eigenvalue weighted by Crippen LogP contribution is -2.54. The van der Waals surface area contributed by atoms with E-state index in [0.717, 1.165) is 41.5 Å². The van der Waals surface area contributed by atoms with Crippen molar-refractivity contribution in [1.82, 2.24) is 5.32 Å². The van der Waals surface area contributed by atoms with Crippen LogP contribution < -0.4 is 15.1 Å². The van der Waals surface area contributed by atoms with Crippen molar-refractivity contribution in [2.45, 2.75) is 25.9 Å². The Bertz CT molecular complexity index is 857. The van der Waals surface area contributed by atoms with Crippen molar-refractivity contribution < 1.29 is 4.79 Å². The Morgan fingerprint density at radius 1 is 1.00 bits per heavy atom. The third kappa shape index (κ3) is 4.10. The van der Waals surface area contributed by atoms with Gasteiger partial charge in [0.05, 0.1) is 4.91 Å². The van der Waals surface area contributed by atoms with E-state index in [4.69, 9.17) is 0 Å². The maximum atomic E-state index is 13.1. The molecule has 1 amide bonds. The fourth-order valence-corrected chi connectivity index (χ4v) is 5.00. The molecule has 2 aliphatic rings. The molecule has 0 spiro atoms. The highest BCUT2D eigenvalue weighted by Gasteiger charge is 2.26. The molecule has 0 aliphatic carbocycles.